The largest absolute Gasteiger partial charge is 0.385 e. The minimum atomic E-state index is 0.574. The lowest BCUT2D eigenvalue weighted by Crippen LogP contribution is -2.25. The van der Waals surface area contributed by atoms with E-state index in [1.807, 2.05) is 6.07 Å². The third-order valence-corrected chi connectivity index (χ3v) is 25.3. The molecule has 11 heteroatoms. The van der Waals surface area contributed by atoms with Crippen molar-refractivity contribution in [2.24, 2.45) is 76.4 Å². The van der Waals surface area contributed by atoms with E-state index in [2.05, 4.69) is 429 Å². The molecule has 0 bridgehead atoms. The van der Waals surface area contributed by atoms with Crippen LogP contribution in [0.25, 0.3) is 0 Å². The molecular formula is C129H277N11. The molecule has 0 atom stereocenters. The van der Waals surface area contributed by atoms with Crippen LogP contribution >= 0.6 is 0 Å². The highest BCUT2D eigenvalue weighted by Gasteiger charge is 2.15. The number of unbranched alkanes of at least 4 members (excludes halogenated alkanes) is 13. The SMILES string of the molecule is CC(C)CCCCCCCN(C)C.CC(C)CCCCCCN(C)C.CC(C)CCCCCN(C)C.CC(C)CCCCN(C)C.CC(C)CCCCN(C)Cc1ccccc1.CC(C)CCCN(C)C.CC(C)CCCNC(C)C.CC(C)CCCNc1ccccc1.CCC(C)(C)CCC(C)C.CCCCN(CC)CCCC(C)C.CCN(CC)CCCC(C)C.CCN(CC)CCCCC(C)C. The smallest absolute Gasteiger partial charge is 0.0340 e. The van der Waals surface area contributed by atoms with Crippen molar-refractivity contribution in [3.63, 3.8) is 0 Å². The summed E-state index contributed by atoms with van der Waals surface area (Å²) in [6.45, 7) is 102. The Balaban J connectivity index is -0.000000165. The van der Waals surface area contributed by atoms with Crippen molar-refractivity contribution >= 4 is 5.69 Å². The van der Waals surface area contributed by atoms with Crippen LogP contribution in [-0.2, 0) is 6.54 Å². The fourth-order valence-electron chi connectivity index (χ4n) is 15.0. The Bertz CT molecular complexity index is 2360. The maximum atomic E-state index is 3.40. The van der Waals surface area contributed by atoms with Gasteiger partial charge in [-0.15, -0.1) is 0 Å². The number of hydrogen-bond acceptors (Lipinski definition) is 11. The second-order valence-electron chi connectivity index (χ2n) is 49.1. The number of rotatable bonds is 72. The zero-order valence-corrected chi connectivity index (χ0v) is 106. The van der Waals surface area contributed by atoms with Gasteiger partial charge in [0, 0.05) is 24.8 Å². The second kappa shape index (κ2) is 120. The van der Waals surface area contributed by atoms with Crippen LogP contribution in [0.5, 0.6) is 0 Å². The molecule has 0 heterocycles. The van der Waals surface area contributed by atoms with Crippen LogP contribution in [-0.4, -0.2) is 239 Å². The lowest BCUT2D eigenvalue weighted by atomic mass is 9.83. The molecule has 848 valence electrons. The van der Waals surface area contributed by atoms with Crippen LogP contribution in [0, 0.1) is 76.4 Å². The summed E-state index contributed by atoms with van der Waals surface area (Å²) in [5.41, 5.74) is 3.21. The van der Waals surface area contributed by atoms with E-state index in [-0.39, 0.29) is 0 Å². The van der Waals surface area contributed by atoms with Gasteiger partial charge in [-0.05, 0) is 392 Å². The Morgan fingerprint density at radius 1 is 0.236 bits per heavy atom. The minimum Gasteiger partial charge on any atom is -0.385 e. The quantitative estimate of drug-likeness (QED) is 0.0623. The normalized spacial score (nSPS) is 11.4. The third kappa shape index (κ3) is 169. The van der Waals surface area contributed by atoms with Crippen molar-refractivity contribution in [2.75, 3.05) is 194 Å². The molecule has 140 heavy (non-hydrogen) atoms. The van der Waals surface area contributed by atoms with Crippen LogP contribution < -0.4 is 10.6 Å². The number of benzene rings is 2. The fourth-order valence-corrected chi connectivity index (χ4v) is 15.0. The van der Waals surface area contributed by atoms with Crippen LogP contribution in [0.2, 0.25) is 0 Å². The number of anilines is 1. The van der Waals surface area contributed by atoms with Crippen molar-refractivity contribution in [3.8, 4) is 0 Å². The molecule has 0 amide bonds. The molecule has 2 aromatic carbocycles. The van der Waals surface area contributed by atoms with Crippen molar-refractivity contribution < 1.29 is 0 Å². The topological polar surface area (TPSA) is 53.2 Å². The summed E-state index contributed by atoms with van der Waals surface area (Å²) in [5.74, 6) is 10.4. The molecule has 2 N–H and O–H groups in total. The highest BCUT2D eigenvalue weighted by atomic mass is 15.1. The van der Waals surface area contributed by atoms with E-state index in [0.717, 1.165) is 84.1 Å². The van der Waals surface area contributed by atoms with Gasteiger partial charge in [-0.3, -0.25) is 0 Å². The number of para-hydroxylation sites is 1. The molecule has 0 unspecified atom stereocenters. The van der Waals surface area contributed by atoms with Crippen molar-refractivity contribution in [3.05, 3.63) is 66.2 Å². The Kier molecular flexibility index (Phi) is 136. The standard InChI is InChI=1S/C15H25N.C12H19N.2C12H27N.2C11H25N.2C10H23N.C10H22.2C9H21N.C8H19N/c1-14(2)9-7-8-12-16(3)13-15-10-5-4-6-11-15;1-11(2)7-6-10-13-12-8-4-3-5-9-12;1-12(2)10-8-6-5-7-9-11-13(3)4;1-5-7-10-13(6-2)11-8-9-12(3)4;1-11(2)9-7-5-6-8-10-12(3)4;1-5-12(6-2)10-8-7-9-11(3)4;1-10(2)8-6-5-7-9-11(3)4;1-5-11(6-2)9-7-8-10(3)4;1-6-10(4,5)8-7-9(2)3;1-9(2)7-5-6-8-10(3)4;1-8(2)6-5-7-10-9(3)4;1-8(2)6-5-7-9(3)4/h4-6,10-11,14H,7-9,12-13H2,1-3H3;3-5,8-9,11,13H,6-7,10H2,1-2H3;2*12H,5-11H2,1-4H3;2*11H,5-10H2,1-4H3;2*10H,5-9H2,1-4H3;9H,6-8H2,1-5H3;9H,5-8H2,1-4H3;8-10H,5-7H2,1-4H3;8H,5-7H2,1-4H3. The van der Waals surface area contributed by atoms with Gasteiger partial charge in [-0.2, -0.15) is 0 Å². The van der Waals surface area contributed by atoms with Crippen LogP contribution in [0.15, 0.2) is 60.7 Å². The first-order valence-corrected chi connectivity index (χ1v) is 60.5. The summed E-state index contributed by atoms with van der Waals surface area (Å²) < 4.78 is 0. The molecule has 0 fully saturated rings. The average Bonchev–Trinajstić information content (AvgIpc) is 0.939. The molecule has 11 nitrogen and oxygen atoms in total. The lowest BCUT2D eigenvalue weighted by Gasteiger charge is -2.23. The van der Waals surface area contributed by atoms with Crippen molar-refractivity contribution in [1.82, 2.24) is 49.4 Å². The van der Waals surface area contributed by atoms with Crippen molar-refractivity contribution in [1.29, 1.82) is 0 Å². The molecule has 0 spiro atoms. The molecular weight excluding hydrogens is 1700 g/mol. The third-order valence-electron chi connectivity index (χ3n) is 25.3. The second-order valence-corrected chi connectivity index (χ2v) is 49.1. The highest BCUT2D eigenvalue weighted by molar-refractivity contribution is 5.42. The molecule has 0 aromatic heterocycles. The van der Waals surface area contributed by atoms with Gasteiger partial charge in [0.15, 0.2) is 0 Å². The number of nitrogens with one attached hydrogen (secondary N) is 2. The van der Waals surface area contributed by atoms with Crippen LogP contribution in [0.1, 0.15) is 498 Å². The molecule has 0 aliphatic carbocycles. The maximum Gasteiger partial charge on any atom is 0.0340 e. The zero-order valence-electron chi connectivity index (χ0n) is 106. The summed E-state index contributed by atoms with van der Waals surface area (Å²) >= 11 is 0. The first kappa shape index (κ1) is 158. The Morgan fingerprint density at radius 2 is 0.471 bits per heavy atom. The van der Waals surface area contributed by atoms with E-state index in [1.54, 1.807) is 0 Å². The van der Waals surface area contributed by atoms with Gasteiger partial charge in [0.2, 0.25) is 0 Å². The number of nitrogens with zero attached hydrogens (tertiary/aromatic N) is 9. The van der Waals surface area contributed by atoms with E-state index in [4.69, 9.17) is 0 Å². The van der Waals surface area contributed by atoms with E-state index in [0.29, 0.717) is 11.5 Å². The number of hydrogen-bond donors (Lipinski definition) is 2. The van der Waals surface area contributed by atoms with Gasteiger partial charge in [-0.25, -0.2) is 0 Å². The summed E-state index contributed by atoms with van der Waals surface area (Å²) in [5, 5.41) is 6.80. The monoisotopic (exact) mass is 1980 g/mol. The Labute approximate surface area is 891 Å². The Morgan fingerprint density at radius 3 is 0.779 bits per heavy atom. The summed E-state index contributed by atoms with van der Waals surface area (Å²) in [6.07, 6.45) is 53.5. The van der Waals surface area contributed by atoms with Gasteiger partial charge in [0.25, 0.3) is 0 Å². The van der Waals surface area contributed by atoms with E-state index in [1.165, 1.54) is 366 Å². The fraction of sp³-hybridized carbons (Fsp3) is 0.907. The molecule has 0 aliphatic heterocycles. The summed E-state index contributed by atoms with van der Waals surface area (Å²) in [7, 11) is 23.6. The van der Waals surface area contributed by atoms with Gasteiger partial charge in [-0.1, -0.05) is 426 Å². The van der Waals surface area contributed by atoms with Gasteiger partial charge >= 0.3 is 0 Å². The Hall–Kier alpha value is -2.16. The predicted molar refractivity (Wildman–Crippen MR) is 655 cm³/mol. The molecule has 0 radical (unpaired) electrons. The zero-order chi connectivity index (χ0) is 109. The predicted octanol–water partition coefficient (Wildman–Crippen LogP) is 37.0. The maximum absolute atomic E-state index is 3.40. The molecule has 0 saturated carbocycles. The van der Waals surface area contributed by atoms with Gasteiger partial charge in [0.05, 0.1) is 0 Å². The van der Waals surface area contributed by atoms with Crippen LogP contribution in [0.3, 0.4) is 0 Å². The van der Waals surface area contributed by atoms with Gasteiger partial charge in [0.1, 0.15) is 0 Å². The van der Waals surface area contributed by atoms with E-state index < -0.39 is 0 Å². The summed E-state index contributed by atoms with van der Waals surface area (Å²) in [6, 6.07) is 21.7. The highest BCUT2D eigenvalue weighted by Crippen LogP contribution is 2.28. The first-order chi connectivity index (χ1) is 65.8. The molecule has 2 aromatic rings. The van der Waals surface area contributed by atoms with Crippen LogP contribution in [0.4, 0.5) is 5.69 Å². The van der Waals surface area contributed by atoms with E-state index in [9.17, 15) is 0 Å². The molecule has 0 aliphatic rings. The van der Waals surface area contributed by atoms with E-state index >= 15 is 0 Å². The average molecular weight is 1980 g/mol. The van der Waals surface area contributed by atoms with Gasteiger partial charge < -0.3 is 54.7 Å². The molecule has 0 saturated heterocycles. The summed E-state index contributed by atoms with van der Waals surface area (Å²) in [4.78, 5) is 21.3. The molecule has 2 rings (SSSR count). The lowest BCUT2D eigenvalue weighted by molar-refractivity contribution is 0.272. The minimum absolute atomic E-state index is 0.574. The first-order valence-electron chi connectivity index (χ1n) is 60.5. The van der Waals surface area contributed by atoms with Crippen molar-refractivity contribution in [2.45, 2.75) is 505 Å².